The van der Waals surface area contributed by atoms with Crippen molar-refractivity contribution in [3.05, 3.63) is 24.3 Å². The molecule has 2 fully saturated rings. The molecule has 2 aromatic rings. The quantitative estimate of drug-likeness (QED) is 0.688. The highest BCUT2D eigenvalue weighted by Gasteiger charge is 2.49. The number of guanidine groups is 1. The molecule has 0 aliphatic carbocycles. The van der Waals surface area contributed by atoms with Gasteiger partial charge in [-0.1, -0.05) is 23.9 Å². The molecule has 1 N–H and O–H groups in total. The van der Waals surface area contributed by atoms with E-state index in [1.165, 1.54) is 9.60 Å². The van der Waals surface area contributed by atoms with Crippen LogP contribution in [-0.2, 0) is 4.79 Å². The van der Waals surface area contributed by atoms with Crippen LogP contribution in [0.3, 0.4) is 0 Å². The number of hydrogen-bond donors (Lipinski definition) is 1. The molecule has 0 saturated carbocycles. The van der Waals surface area contributed by atoms with Gasteiger partial charge < -0.3 is 19.6 Å². The minimum absolute atomic E-state index is 0.272. The van der Waals surface area contributed by atoms with Crippen molar-refractivity contribution in [1.29, 1.82) is 0 Å². The Labute approximate surface area is 189 Å². The average Bonchev–Trinajstić information content (AvgIpc) is 3.34. The molecule has 0 bridgehead atoms. The smallest absolute Gasteiger partial charge is 0.325 e. The number of urea groups is 1. The van der Waals surface area contributed by atoms with Gasteiger partial charge in [-0.05, 0) is 19.2 Å². The lowest BCUT2D eigenvalue weighted by Crippen LogP contribution is -2.64. The number of nitrogens with one attached hydrogen (secondary N) is 1. The predicted molar refractivity (Wildman–Crippen MR) is 122 cm³/mol. The van der Waals surface area contributed by atoms with Crippen LogP contribution in [0.4, 0.5) is 4.79 Å². The summed E-state index contributed by atoms with van der Waals surface area (Å²) in [5.74, 6) is 1.33. The number of imide groups is 1. The number of aromatic nitrogens is 1. The number of rotatable bonds is 4. The fourth-order valence-electron chi connectivity index (χ4n) is 4.16. The normalized spacial score (nSPS) is 24.6. The zero-order valence-electron chi connectivity index (χ0n) is 17.5. The summed E-state index contributed by atoms with van der Waals surface area (Å²) < 4.78 is 2.20. The Balaban J connectivity index is 1.34. The van der Waals surface area contributed by atoms with Crippen molar-refractivity contribution in [1.82, 2.24) is 29.9 Å². The van der Waals surface area contributed by atoms with Gasteiger partial charge in [0.2, 0.25) is 0 Å². The molecule has 2 unspecified atom stereocenters. The van der Waals surface area contributed by atoms with Crippen LogP contribution in [0.25, 0.3) is 10.2 Å². The first-order chi connectivity index (χ1) is 15.0. The van der Waals surface area contributed by atoms with Crippen LogP contribution in [0.1, 0.15) is 0 Å². The molecule has 0 radical (unpaired) electrons. The van der Waals surface area contributed by atoms with Gasteiger partial charge in [-0.25, -0.2) is 14.8 Å². The van der Waals surface area contributed by atoms with Crippen molar-refractivity contribution in [3.8, 4) is 0 Å². The van der Waals surface area contributed by atoms with Crippen molar-refractivity contribution in [2.24, 2.45) is 4.99 Å². The van der Waals surface area contributed by atoms with E-state index in [1.54, 1.807) is 30.1 Å². The van der Waals surface area contributed by atoms with Crippen LogP contribution in [0.5, 0.6) is 0 Å². The van der Waals surface area contributed by atoms with Crippen LogP contribution in [0.15, 0.2) is 33.6 Å². The Morgan fingerprint density at radius 2 is 1.94 bits per heavy atom. The topological polar surface area (TPSA) is 84.4 Å². The van der Waals surface area contributed by atoms with Gasteiger partial charge in [-0.2, -0.15) is 0 Å². The SMILES string of the molecule is CN1CCN(C2=NC3C(C(=O)NC(=O)N3C)N2CCSc2nc3ccccc3s2)CC1. The van der Waals surface area contributed by atoms with E-state index in [0.29, 0.717) is 6.54 Å². The van der Waals surface area contributed by atoms with Crippen molar-refractivity contribution < 1.29 is 9.59 Å². The number of fused-ring (bicyclic) bond motifs is 2. The summed E-state index contributed by atoms with van der Waals surface area (Å²) in [5.41, 5.74) is 1.02. The molecule has 3 amide bonds. The molecule has 3 aliphatic rings. The molecule has 5 rings (SSSR count). The minimum atomic E-state index is -0.492. The number of thiazole rings is 1. The number of carbonyl (C=O) groups is 2. The van der Waals surface area contributed by atoms with Gasteiger partial charge in [0.05, 0.1) is 10.2 Å². The van der Waals surface area contributed by atoms with E-state index < -0.39 is 18.2 Å². The van der Waals surface area contributed by atoms with E-state index in [2.05, 4.69) is 33.1 Å². The molecular formula is C20H25N7O2S2. The molecule has 0 spiro atoms. The number of nitrogens with zero attached hydrogens (tertiary/aromatic N) is 6. The third-order valence-corrected chi connectivity index (χ3v) is 8.12. The number of aliphatic imine (C=N–C) groups is 1. The summed E-state index contributed by atoms with van der Waals surface area (Å²) in [6.45, 7) is 4.26. The Hall–Kier alpha value is -2.37. The van der Waals surface area contributed by atoms with Crippen LogP contribution >= 0.6 is 23.1 Å². The zero-order chi connectivity index (χ0) is 21.5. The van der Waals surface area contributed by atoms with E-state index in [-0.39, 0.29) is 5.91 Å². The van der Waals surface area contributed by atoms with Gasteiger partial charge in [0.15, 0.2) is 22.5 Å². The van der Waals surface area contributed by atoms with Crippen molar-refractivity contribution >= 4 is 51.2 Å². The summed E-state index contributed by atoms with van der Waals surface area (Å²) >= 11 is 3.38. The Bertz CT molecular complexity index is 1000. The summed E-state index contributed by atoms with van der Waals surface area (Å²) in [5, 5.41) is 2.48. The number of para-hydroxylation sites is 1. The molecular weight excluding hydrogens is 434 g/mol. The molecule has 11 heteroatoms. The molecule has 3 aliphatic heterocycles. The maximum absolute atomic E-state index is 12.8. The first-order valence-corrected chi connectivity index (χ1v) is 12.2. The number of piperazine rings is 1. The third kappa shape index (κ3) is 3.85. The van der Waals surface area contributed by atoms with Crippen molar-refractivity contribution in [2.75, 3.05) is 52.6 Å². The number of carbonyl (C=O) groups excluding carboxylic acids is 2. The Morgan fingerprint density at radius 3 is 2.71 bits per heavy atom. The first kappa shape index (κ1) is 20.5. The van der Waals surface area contributed by atoms with Crippen LogP contribution < -0.4 is 5.32 Å². The van der Waals surface area contributed by atoms with E-state index in [9.17, 15) is 9.59 Å². The summed E-state index contributed by atoms with van der Waals surface area (Å²) in [7, 11) is 3.81. The summed E-state index contributed by atoms with van der Waals surface area (Å²) in [4.78, 5) is 42.6. The lowest BCUT2D eigenvalue weighted by atomic mass is 10.1. The number of benzene rings is 1. The number of amides is 3. The minimum Gasteiger partial charge on any atom is -0.340 e. The fraction of sp³-hybridized carbons (Fsp3) is 0.500. The Morgan fingerprint density at radius 1 is 1.16 bits per heavy atom. The average molecular weight is 460 g/mol. The van der Waals surface area contributed by atoms with Crippen LogP contribution in [-0.4, -0.2) is 107 Å². The summed E-state index contributed by atoms with van der Waals surface area (Å²) in [6.07, 6.45) is -0.483. The molecule has 164 valence electrons. The zero-order valence-corrected chi connectivity index (χ0v) is 19.2. The van der Waals surface area contributed by atoms with Gasteiger partial charge in [0.25, 0.3) is 5.91 Å². The molecule has 1 aromatic carbocycles. The highest BCUT2D eigenvalue weighted by molar-refractivity contribution is 8.01. The van der Waals surface area contributed by atoms with Gasteiger partial charge in [-0.15, -0.1) is 11.3 Å². The molecule has 1 aromatic heterocycles. The second kappa shape index (κ2) is 8.29. The molecule has 9 nitrogen and oxygen atoms in total. The van der Waals surface area contributed by atoms with E-state index >= 15 is 0 Å². The third-order valence-electron chi connectivity index (χ3n) is 5.96. The van der Waals surface area contributed by atoms with Gasteiger partial charge in [0.1, 0.15) is 0 Å². The van der Waals surface area contributed by atoms with Crippen LogP contribution in [0, 0.1) is 0 Å². The first-order valence-electron chi connectivity index (χ1n) is 10.4. The summed E-state index contributed by atoms with van der Waals surface area (Å²) in [6, 6.07) is 7.25. The predicted octanol–water partition coefficient (Wildman–Crippen LogP) is 1.18. The lowest BCUT2D eigenvalue weighted by Gasteiger charge is -2.39. The standard InChI is InChI=1S/C20H25N7O2S2/c1-24-7-9-26(10-8-24)18-22-16-15(17(28)23-19(29)25(16)2)27(18)11-12-30-20-21-13-5-3-4-6-14(13)31-20/h3-6,15-16H,7-12H2,1-2H3,(H,23,28,29). The van der Waals surface area contributed by atoms with E-state index in [4.69, 9.17) is 9.98 Å². The maximum Gasteiger partial charge on any atom is 0.325 e. The Kier molecular flexibility index (Phi) is 5.49. The maximum atomic E-state index is 12.8. The number of likely N-dealkylation sites (N-methyl/N-ethyl adjacent to an activating group) is 2. The van der Waals surface area contributed by atoms with Gasteiger partial charge >= 0.3 is 6.03 Å². The number of thioether (sulfide) groups is 1. The lowest BCUT2D eigenvalue weighted by molar-refractivity contribution is -0.127. The molecule has 2 atom stereocenters. The second-order valence-electron chi connectivity index (χ2n) is 7.97. The highest BCUT2D eigenvalue weighted by atomic mass is 32.2. The highest BCUT2D eigenvalue weighted by Crippen LogP contribution is 2.31. The van der Waals surface area contributed by atoms with Gasteiger partial charge in [0, 0.05) is 45.5 Å². The van der Waals surface area contributed by atoms with E-state index in [1.807, 2.05) is 18.2 Å². The number of hydrogen-bond acceptors (Lipinski definition) is 9. The van der Waals surface area contributed by atoms with Gasteiger partial charge in [-0.3, -0.25) is 10.1 Å². The van der Waals surface area contributed by atoms with E-state index in [0.717, 1.165) is 47.7 Å². The molecule has 2 saturated heterocycles. The largest absolute Gasteiger partial charge is 0.340 e. The molecule has 31 heavy (non-hydrogen) atoms. The van der Waals surface area contributed by atoms with Crippen molar-refractivity contribution in [2.45, 2.75) is 16.5 Å². The fourth-order valence-corrected chi connectivity index (χ4v) is 6.24. The van der Waals surface area contributed by atoms with Crippen molar-refractivity contribution in [3.63, 3.8) is 0 Å². The monoisotopic (exact) mass is 459 g/mol. The molecule has 4 heterocycles. The van der Waals surface area contributed by atoms with Crippen LogP contribution in [0.2, 0.25) is 0 Å². The second-order valence-corrected chi connectivity index (χ2v) is 10.3.